The second-order valence-electron chi connectivity index (χ2n) is 4.83. The molecular weight excluding hydrogens is 272 g/mol. The first kappa shape index (κ1) is 14.7. The number of nitrogens with zero attached hydrogens (tertiary/aromatic N) is 3. The topological polar surface area (TPSA) is 97.1 Å². The Bertz CT molecular complexity index is 608. The first-order valence-electron chi connectivity index (χ1n) is 6.51. The summed E-state index contributed by atoms with van der Waals surface area (Å²) in [7, 11) is 0. The maximum Gasteiger partial charge on any atom is 0.303 e. The molecule has 7 heteroatoms. The number of amides is 1. The van der Waals surface area contributed by atoms with Gasteiger partial charge in [-0.3, -0.25) is 14.2 Å². The number of carboxylic acids is 1. The van der Waals surface area contributed by atoms with E-state index in [1.807, 2.05) is 0 Å². The maximum atomic E-state index is 11.9. The van der Waals surface area contributed by atoms with Gasteiger partial charge in [0.25, 0.3) is 5.91 Å². The van der Waals surface area contributed by atoms with Crippen LogP contribution >= 0.6 is 0 Å². The molecule has 2 aromatic rings. The Morgan fingerprint density at radius 1 is 1.24 bits per heavy atom. The van der Waals surface area contributed by atoms with Crippen LogP contribution in [0.15, 0.2) is 36.9 Å². The van der Waals surface area contributed by atoms with Crippen LogP contribution in [-0.2, 0) is 4.79 Å². The van der Waals surface area contributed by atoms with E-state index in [0.717, 1.165) is 5.69 Å². The number of aliphatic carboxylic acids is 1. The molecule has 2 rings (SSSR count). The molecule has 1 atom stereocenters. The van der Waals surface area contributed by atoms with Crippen molar-refractivity contribution in [2.45, 2.75) is 13.3 Å². The van der Waals surface area contributed by atoms with Gasteiger partial charge in [0.2, 0.25) is 0 Å². The van der Waals surface area contributed by atoms with Crippen molar-refractivity contribution in [3.8, 4) is 5.69 Å². The van der Waals surface area contributed by atoms with Crippen LogP contribution in [-0.4, -0.2) is 38.3 Å². The first-order valence-corrected chi connectivity index (χ1v) is 6.51. The summed E-state index contributed by atoms with van der Waals surface area (Å²) < 4.78 is 1.73. The van der Waals surface area contributed by atoms with Gasteiger partial charge in [0.15, 0.2) is 0 Å². The zero-order valence-electron chi connectivity index (χ0n) is 11.6. The van der Waals surface area contributed by atoms with Gasteiger partial charge in [-0.1, -0.05) is 6.92 Å². The highest BCUT2D eigenvalue weighted by Gasteiger charge is 2.10. The molecule has 0 saturated carbocycles. The molecule has 0 radical (unpaired) electrons. The summed E-state index contributed by atoms with van der Waals surface area (Å²) in [5, 5.41) is 18.8. The lowest BCUT2D eigenvalue weighted by molar-refractivity contribution is -0.137. The van der Waals surface area contributed by atoms with E-state index < -0.39 is 5.97 Å². The number of nitrogens with one attached hydrogen (secondary N) is 1. The summed E-state index contributed by atoms with van der Waals surface area (Å²) in [5.74, 6) is -1.19. The van der Waals surface area contributed by atoms with Crippen molar-refractivity contribution in [1.82, 2.24) is 20.1 Å². The number of carboxylic acid groups (broad SMARTS) is 1. The van der Waals surface area contributed by atoms with Crippen LogP contribution in [0.5, 0.6) is 0 Å². The minimum Gasteiger partial charge on any atom is -0.481 e. The summed E-state index contributed by atoms with van der Waals surface area (Å²) in [4.78, 5) is 22.5. The normalized spacial score (nSPS) is 11.9. The number of aromatic nitrogens is 3. The van der Waals surface area contributed by atoms with Crippen molar-refractivity contribution in [1.29, 1.82) is 0 Å². The molecule has 21 heavy (non-hydrogen) atoms. The lowest BCUT2D eigenvalue weighted by atomic mass is 10.1. The molecule has 0 saturated heterocycles. The van der Waals surface area contributed by atoms with Gasteiger partial charge < -0.3 is 10.4 Å². The summed E-state index contributed by atoms with van der Waals surface area (Å²) in [5.41, 5.74) is 1.38. The van der Waals surface area contributed by atoms with Crippen molar-refractivity contribution >= 4 is 11.9 Å². The largest absolute Gasteiger partial charge is 0.481 e. The fourth-order valence-electron chi connectivity index (χ4n) is 1.86. The molecule has 1 heterocycles. The fraction of sp³-hybridized carbons (Fsp3) is 0.286. The Hall–Kier alpha value is -2.70. The number of hydrogen-bond acceptors (Lipinski definition) is 4. The molecule has 0 aliphatic carbocycles. The number of benzene rings is 1. The van der Waals surface area contributed by atoms with Crippen LogP contribution < -0.4 is 5.32 Å². The highest BCUT2D eigenvalue weighted by Crippen LogP contribution is 2.09. The lowest BCUT2D eigenvalue weighted by Crippen LogP contribution is -2.29. The van der Waals surface area contributed by atoms with Gasteiger partial charge in [0.05, 0.1) is 0 Å². The zero-order valence-corrected chi connectivity index (χ0v) is 11.6. The third kappa shape index (κ3) is 4.13. The first-order chi connectivity index (χ1) is 10.1. The van der Waals surface area contributed by atoms with E-state index in [1.165, 1.54) is 0 Å². The van der Waals surface area contributed by atoms with Crippen molar-refractivity contribution < 1.29 is 14.7 Å². The van der Waals surface area contributed by atoms with E-state index >= 15 is 0 Å². The van der Waals surface area contributed by atoms with E-state index in [0.29, 0.717) is 12.1 Å². The Balaban J connectivity index is 1.92. The van der Waals surface area contributed by atoms with Gasteiger partial charge in [0, 0.05) is 24.2 Å². The lowest BCUT2D eigenvalue weighted by Gasteiger charge is -2.10. The summed E-state index contributed by atoms with van der Waals surface area (Å²) >= 11 is 0. The molecule has 7 nitrogen and oxygen atoms in total. The Morgan fingerprint density at radius 2 is 1.86 bits per heavy atom. The molecule has 0 spiro atoms. The molecule has 1 aromatic heterocycles. The summed E-state index contributed by atoms with van der Waals surface area (Å²) in [6, 6.07) is 6.98. The van der Waals surface area contributed by atoms with Crippen molar-refractivity contribution in [3.05, 3.63) is 42.5 Å². The van der Waals surface area contributed by atoms with Gasteiger partial charge in [-0.05, 0) is 30.2 Å². The van der Waals surface area contributed by atoms with E-state index in [-0.39, 0.29) is 18.2 Å². The third-order valence-corrected chi connectivity index (χ3v) is 2.98. The second kappa shape index (κ2) is 6.65. The van der Waals surface area contributed by atoms with E-state index in [2.05, 4.69) is 15.5 Å². The number of rotatable bonds is 6. The standard InChI is InChI=1S/C14H16N4O3/c1-10(6-13(19)20)7-15-14(21)11-2-4-12(5-3-11)18-8-16-17-9-18/h2-5,8-10H,6-7H2,1H3,(H,15,21)(H,19,20). The van der Waals surface area contributed by atoms with E-state index in [4.69, 9.17) is 5.11 Å². The maximum absolute atomic E-state index is 11.9. The number of hydrogen-bond donors (Lipinski definition) is 2. The van der Waals surface area contributed by atoms with Crippen molar-refractivity contribution in [2.75, 3.05) is 6.54 Å². The van der Waals surface area contributed by atoms with Gasteiger partial charge >= 0.3 is 5.97 Å². The third-order valence-electron chi connectivity index (χ3n) is 2.98. The van der Waals surface area contributed by atoms with Crippen molar-refractivity contribution in [3.63, 3.8) is 0 Å². The Kier molecular flexibility index (Phi) is 4.65. The van der Waals surface area contributed by atoms with Gasteiger partial charge in [0.1, 0.15) is 12.7 Å². The highest BCUT2D eigenvalue weighted by atomic mass is 16.4. The van der Waals surface area contributed by atoms with Gasteiger partial charge in [-0.25, -0.2) is 0 Å². The molecule has 0 bridgehead atoms. The molecule has 0 aliphatic heterocycles. The van der Waals surface area contributed by atoms with E-state index in [9.17, 15) is 9.59 Å². The molecule has 1 unspecified atom stereocenters. The Labute approximate surface area is 121 Å². The number of carbonyl (C=O) groups is 2. The Morgan fingerprint density at radius 3 is 2.43 bits per heavy atom. The quantitative estimate of drug-likeness (QED) is 0.829. The fourth-order valence-corrected chi connectivity index (χ4v) is 1.86. The van der Waals surface area contributed by atoms with E-state index in [1.54, 1.807) is 48.4 Å². The van der Waals surface area contributed by atoms with Crippen LogP contribution in [0.25, 0.3) is 5.69 Å². The summed E-state index contributed by atoms with van der Waals surface area (Å²) in [6.07, 6.45) is 3.18. The molecule has 1 amide bonds. The molecule has 0 aliphatic rings. The van der Waals surface area contributed by atoms with Gasteiger partial charge in [-0.15, -0.1) is 10.2 Å². The molecular formula is C14H16N4O3. The monoisotopic (exact) mass is 288 g/mol. The predicted octanol–water partition coefficient (Wildman–Crippen LogP) is 1.11. The van der Waals surface area contributed by atoms with Crippen LogP contribution in [0.3, 0.4) is 0 Å². The van der Waals surface area contributed by atoms with Crippen LogP contribution in [0.2, 0.25) is 0 Å². The molecule has 0 fully saturated rings. The average Bonchev–Trinajstić information content (AvgIpc) is 2.98. The molecule has 1 aromatic carbocycles. The highest BCUT2D eigenvalue weighted by molar-refractivity contribution is 5.94. The molecule has 2 N–H and O–H groups in total. The zero-order chi connectivity index (χ0) is 15.2. The van der Waals surface area contributed by atoms with Crippen LogP contribution in [0, 0.1) is 5.92 Å². The second-order valence-corrected chi connectivity index (χ2v) is 4.83. The SMILES string of the molecule is CC(CNC(=O)c1ccc(-n2cnnc2)cc1)CC(=O)O. The van der Waals surface area contributed by atoms with Crippen LogP contribution in [0.1, 0.15) is 23.7 Å². The average molecular weight is 288 g/mol. The molecule has 110 valence electrons. The predicted molar refractivity (Wildman–Crippen MR) is 75.1 cm³/mol. The van der Waals surface area contributed by atoms with Crippen LogP contribution in [0.4, 0.5) is 0 Å². The van der Waals surface area contributed by atoms with Gasteiger partial charge in [-0.2, -0.15) is 0 Å². The minimum atomic E-state index is -0.866. The smallest absolute Gasteiger partial charge is 0.303 e. The number of carbonyl (C=O) groups excluding carboxylic acids is 1. The minimum absolute atomic E-state index is 0.0346. The summed E-state index contributed by atoms with van der Waals surface area (Å²) in [6.45, 7) is 2.11. The van der Waals surface area contributed by atoms with Crippen molar-refractivity contribution in [2.24, 2.45) is 5.92 Å².